The van der Waals surface area contributed by atoms with Gasteiger partial charge in [0.15, 0.2) is 0 Å². The SMILES string of the molecule is N#CCN(Cc1ccccc1)[C@@H](CO)C1CC1. The van der Waals surface area contributed by atoms with Crippen LogP contribution in [0, 0.1) is 17.2 Å². The highest BCUT2D eigenvalue weighted by atomic mass is 16.3. The van der Waals surface area contributed by atoms with Crippen LogP contribution in [0.3, 0.4) is 0 Å². The van der Waals surface area contributed by atoms with E-state index in [0.29, 0.717) is 12.5 Å². The molecule has 3 nitrogen and oxygen atoms in total. The smallest absolute Gasteiger partial charge is 0.0872 e. The summed E-state index contributed by atoms with van der Waals surface area (Å²) in [4.78, 5) is 2.09. The molecule has 1 aliphatic carbocycles. The first-order chi connectivity index (χ1) is 8.35. The molecular weight excluding hydrogens is 212 g/mol. The second-order valence-electron chi connectivity index (χ2n) is 4.64. The van der Waals surface area contributed by atoms with E-state index in [2.05, 4.69) is 23.1 Å². The molecular formula is C14H18N2O. The molecule has 3 heteroatoms. The van der Waals surface area contributed by atoms with E-state index in [-0.39, 0.29) is 12.6 Å². The summed E-state index contributed by atoms with van der Waals surface area (Å²) in [6, 6.07) is 12.5. The van der Waals surface area contributed by atoms with Crippen molar-refractivity contribution in [1.29, 1.82) is 5.26 Å². The summed E-state index contributed by atoms with van der Waals surface area (Å²) in [7, 11) is 0. The van der Waals surface area contributed by atoms with Gasteiger partial charge in [-0.15, -0.1) is 0 Å². The lowest BCUT2D eigenvalue weighted by Gasteiger charge is -2.28. The summed E-state index contributed by atoms with van der Waals surface area (Å²) >= 11 is 0. The van der Waals surface area contributed by atoms with Gasteiger partial charge in [-0.05, 0) is 24.3 Å². The molecule has 0 aliphatic heterocycles. The number of hydrogen-bond acceptors (Lipinski definition) is 3. The molecule has 0 heterocycles. The molecule has 17 heavy (non-hydrogen) atoms. The monoisotopic (exact) mass is 230 g/mol. The lowest BCUT2D eigenvalue weighted by atomic mass is 10.1. The fraction of sp³-hybridized carbons (Fsp3) is 0.500. The third-order valence-electron chi connectivity index (χ3n) is 3.32. The van der Waals surface area contributed by atoms with Crippen LogP contribution in [-0.2, 0) is 6.54 Å². The molecule has 1 saturated carbocycles. The van der Waals surface area contributed by atoms with E-state index in [0.717, 1.165) is 6.54 Å². The molecule has 0 aromatic heterocycles. The van der Waals surface area contributed by atoms with E-state index in [1.54, 1.807) is 0 Å². The first-order valence-corrected chi connectivity index (χ1v) is 6.11. The van der Waals surface area contributed by atoms with Crippen LogP contribution in [0.2, 0.25) is 0 Å². The van der Waals surface area contributed by atoms with Gasteiger partial charge in [0.25, 0.3) is 0 Å². The van der Waals surface area contributed by atoms with Gasteiger partial charge < -0.3 is 5.11 Å². The van der Waals surface area contributed by atoms with Crippen molar-refractivity contribution in [2.45, 2.75) is 25.4 Å². The minimum atomic E-state index is 0.148. The number of nitriles is 1. The largest absolute Gasteiger partial charge is 0.395 e. The van der Waals surface area contributed by atoms with Crippen molar-refractivity contribution in [2.24, 2.45) is 5.92 Å². The van der Waals surface area contributed by atoms with Gasteiger partial charge in [-0.25, -0.2) is 0 Å². The number of aliphatic hydroxyl groups is 1. The fourth-order valence-electron chi connectivity index (χ4n) is 2.24. The Balaban J connectivity index is 2.03. The molecule has 1 aromatic carbocycles. The van der Waals surface area contributed by atoms with E-state index >= 15 is 0 Å². The maximum Gasteiger partial charge on any atom is 0.0872 e. The number of benzene rings is 1. The molecule has 0 bridgehead atoms. The highest BCUT2D eigenvalue weighted by molar-refractivity contribution is 5.15. The topological polar surface area (TPSA) is 47.3 Å². The second-order valence-corrected chi connectivity index (χ2v) is 4.64. The van der Waals surface area contributed by atoms with Gasteiger partial charge in [-0.3, -0.25) is 4.90 Å². The van der Waals surface area contributed by atoms with E-state index < -0.39 is 0 Å². The molecule has 1 N–H and O–H groups in total. The zero-order chi connectivity index (χ0) is 12.1. The summed E-state index contributed by atoms with van der Waals surface area (Å²) in [5.41, 5.74) is 1.20. The average Bonchev–Trinajstić information content (AvgIpc) is 3.16. The Morgan fingerprint density at radius 1 is 1.35 bits per heavy atom. The summed E-state index contributed by atoms with van der Waals surface area (Å²) < 4.78 is 0. The molecule has 0 spiro atoms. The quantitative estimate of drug-likeness (QED) is 0.758. The van der Waals surface area contributed by atoms with Gasteiger partial charge in [-0.2, -0.15) is 5.26 Å². The Kier molecular flexibility index (Phi) is 4.13. The van der Waals surface area contributed by atoms with Crippen molar-refractivity contribution in [3.05, 3.63) is 35.9 Å². The first-order valence-electron chi connectivity index (χ1n) is 6.11. The summed E-state index contributed by atoms with van der Waals surface area (Å²) in [6.45, 7) is 1.28. The number of hydrogen-bond donors (Lipinski definition) is 1. The van der Waals surface area contributed by atoms with Crippen LogP contribution in [0.5, 0.6) is 0 Å². The van der Waals surface area contributed by atoms with Crippen LogP contribution in [-0.4, -0.2) is 29.2 Å². The molecule has 1 atom stereocenters. The maximum atomic E-state index is 9.46. The van der Waals surface area contributed by atoms with Gasteiger partial charge in [0.2, 0.25) is 0 Å². The normalized spacial score (nSPS) is 16.8. The third-order valence-corrected chi connectivity index (χ3v) is 3.32. The number of nitrogens with zero attached hydrogens (tertiary/aromatic N) is 2. The number of rotatable bonds is 6. The molecule has 0 amide bonds. The van der Waals surface area contributed by atoms with Crippen LogP contribution in [0.1, 0.15) is 18.4 Å². The van der Waals surface area contributed by atoms with Gasteiger partial charge in [-0.1, -0.05) is 30.3 Å². The second kappa shape index (κ2) is 5.81. The van der Waals surface area contributed by atoms with Crippen LogP contribution in [0.4, 0.5) is 0 Å². The van der Waals surface area contributed by atoms with Gasteiger partial charge >= 0.3 is 0 Å². The highest BCUT2D eigenvalue weighted by Crippen LogP contribution is 2.35. The van der Waals surface area contributed by atoms with Crippen molar-refractivity contribution >= 4 is 0 Å². The minimum absolute atomic E-state index is 0.148. The van der Waals surface area contributed by atoms with Gasteiger partial charge in [0.1, 0.15) is 0 Å². The predicted octanol–water partition coefficient (Wildman–Crippen LogP) is 1.78. The number of aliphatic hydroxyl groups excluding tert-OH is 1. The van der Waals surface area contributed by atoms with Crippen LogP contribution >= 0.6 is 0 Å². The molecule has 1 aliphatic rings. The predicted molar refractivity (Wildman–Crippen MR) is 66.1 cm³/mol. The van der Waals surface area contributed by atoms with Crippen molar-refractivity contribution < 1.29 is 5.11 Å². The summed E-state index contributed by atoms with van der Waals surface area (Å²) in [5.74, 6) is 0.581. The van der Waals surface area contributed by atoms with Crippen LogP contribution < -0.4 is 0 Å². The molecule has 0 radical (unpaired) electrons. The average molecular weight is 230 g/mol. The van der Waals surface area contributed by atoms with E-state index in [1.807, 2.05) is 18.2 Å². The van der Waals surface area contributed by atoms with Crippen molar-refractivity contribution in [3.8, 4) is 6.07 Å². The Morgan fingerprint density at radius 2 is 2.06 bits per heavy atom. The summed E-state index contributed by atoms with van der Waals surface area (Å²) in [6.07, 6.45) is 2.36. The lowest BCUT2D eigenvalue weighted by Crippen LogP contribution is -2.39. The van der Waals surface area contributed by atoms with Crippen molar-refractivity contribution in [2.75, 3.05) is 13.2 Å². The van der Waals surface area contributed by atoms with Crippen molar-refractivity contribution in [1.82, 2.24) is 4.90 Å². The van der Waals surface area contributed by atoms with Crippen LogP contribution in [0.25, 0.3) is 0 Å². The fourth-order valence-corrected chi connectivity index (χ4v) is 2.24. The molecule has 90 valence electrons. The Labute approximate surface area is 102 Å². The zero-order valence-corrected chi connectivity index (χ0v) is 9.92. The van der Waals surface area contributed by atoms with Crippen molar-refractivity contribution in [3.63, 3.8) is 0 Å². The van der Waals surface area contributed by atoms with E-state index in [1.165, 1.54) is 18.4 Å². The highest BCUT2D eigenvalue weighted by Gasteiger charge is 2.34. The standard InChI is InChI=1S/C14H18N2O/c15-8-9-16(14(11-17)13-6-7-13)10-12-4-2-1-3-5-12/h1-5,13-14,17H,6-7,9-11H2/t14-/m0/s1. The third kappa shape index (κ3) is 3.29. The van der Waals surface area contributed by atoms with Crippen LogP contribution in [0.15, 0.2) is 30.3 Å². The Bertz CT molecular complexity index is 381. The summed E-state index contributed by atoms with van der Waals surface area (Å²) in [5, 5.41) is 18.3. The zero-order valence-electron chi connectivity index (χ0n) is 9.92. The van der Waals surface area contributed by atoms with Gasteiger partial charge in [0, 0.05) is 12.6 Å². The first kappa shape index (κ1) is 12.1. The molecule has 1 fully saturated rings. The van der Waals surface area contributed by atoms with E-state index in [9.17, 15) is 5.11 Å². The van der Waals surface area contributed by atoms with Gasteiger partial charge in [0.05, 0.1) is 19.2 Å². The maximum absolute atomic E-state index is 9.46. The molecule has 0 unspecified atom stereocenters. The molecule has 2 rings (SSSR count). The Morgan fingerprint density at radius 3 is 2.59 bits per heavy atom. The minimum Gasteiger partial charge on any atom is -0.395 e. The molecule has 1 aromatic rings. The lowest BCUT2D eigenvalue weighted by molar-refractivity contribution is 0.113. The molecule has 0 saturated heterocycles. The Hall–Kier alpha value is -1.37. The van der Waals surface area contributed by atoms with E-state index in [4.69, 9.17) is 5.26 Å².